The minimum atomic E-state index is -2.25. The number of ether oxygens (including phenoxy) is 1. The van der Waals surface area contributed by atoms with Gasteiger partial charge in [0.15, 0.2) is 0 Å². The molecular formula is C16H34GeO2. The third kappa shape index (κ3) is 6.85. The van der Waals surface area contributed by atoms with Crippen molar-refractivity contribution in [2.24, 2.45) is 0 Å². The van der Waals surface area contributed by atoms with Crippen LogP contribution in [0.25, 0.3) is 0 Å². The van der Waals surface area contributed by atoms with Crippen LogP contribution in [0.2, 0.25) is 15.3 Å². The molecule has 0 aromatic heterocycles. The molecule has 0 bridgehead atoms. The summed E-state index contributed by atoms with van der Waals surface area (Å²) in [5.41, 5.74) is 0. The quantitative estimate of drug-likeness (QED) is 0.347. The Morgan fingerprint density at radius 3 is 1.89 bits per heavy atom. The van der Waals surface area contributed by atoms with Gasteiger partial charge in [0, 0.05) is 0 Å². The van der Waals surface area contributed by atoms with Crippen molar-refractivity contribution in [3.05, 3.63) is 12.3 Å². The first-order chi connectivity index (χ1) is 9.20. The van der Waals surface area contributed by atoms with Crippen LogP contribution in [0.4, 0.5) is 0 Å². The predicted octanol–water partition coefficient (Wildman–Crippen LogP) is 5.51. The molecule has 114 valence electrons. The van der Waals surface area contributed by atoms with Gasteiger partial charge in [-0.2, -0.15) is 0 Å². The fourth-order valence-electron chi connectivity index (χ4n) is 2.82. The molecule has 3 heteroatoms. The molecule has 0 heterocycles. The molecule has 0 spiro atoms. The van der Waals surface area contributed by atoms with Crippen LogP contribution in [0.3, 0.4) is 0 Å². The van der Waals surface area contributed by atoms with E-state index in [-0.39, 0.29) is 0 Å². The minimum absolute atomic E-state index is 0.646. The summed E-state index contributed by atoms with van der Waals surface area (Å²) in [6.45, 7) is 6.83. The third-order valence-corrected chi connectivity index (χ3v) is 14.6. The molecule has 0 aliphatic carbocycles. The van der Waals surface area contributed by atoms with E-state index < -0.39 is 13.6 Å². The summed E-state index contributed by atoms with van der Waals surface area (Å²) in [5.74, 6) is 0. The van der Waals surface area contributed by atoms with Crippen molar-refractivity contribution in [2.75, 3.05) is 14.2 Å². The van der Waals surface area contributed by atoms with Gasteiger partial charge in [-0.1, -0.05) is 0 Å². The van der Waals surface area contributed by atoms with Gasteiger partial charge in [-0.25, -0.2) is 0 Å². The Hall–Kier alpha value is 0.0429. The van der Waals surface area contributed by atoms with E-state index in [1.165, 1.54) is 49.0 Å². The summed E-state index contributed by atoms with van der Waals surface area (Å²) in [7, 11) is 3.70. The summed E-state index contributed by atoms with van der Waals surface area (Å²) in [6.07, 6.45) is 11.8. The maximum absolute atomic E-state index is 6.23. The summed E-state index contributed by atoms with van der Waals surface area (Å²) >= 11 is -2.25. The molecule has 0 amide bonds. The van der Waals surface area contributed by atoms with E-state index in [0.29, 0.717) is 4.75 Å². The van der Waals surface area contributed by atoms with E-state index in [9.17, 15) is 0 Å². The molecule has 0 saturated heterocycles. The van der Waals surface area contributed by atoms with Gasteiger partial charge in [0.25, 0.3) is 0 Å². The van der Waals surface area contributed by atoms with E-state index in [1.807, 2.05) is 13.4 Å². The first kappa shape index (κ1) is 19.0. The SMILES string of the molecule is CCC[CH2][Ge]([CH2]CCC)([O]C)[CH](/C=C/OC)CCC. The van der Waals surface area contributed by atoms with Gasteiger partial charge in [0.1, 0.15) is 0 Å². The molecule has 0 aliphatic rings. The van der Waals surface area contributed by atoms with Crippen LogP contribution < -0.4 is 0 Å². The van der Waals surface area contributed by atoms with Crippen molar-refractivity contribution >= 4 is 13.6 Å². The Bertz CT molecular complexity index is 221. The predicted molar refractivity (Wildman–Crippen MR) is 87.0 cm³/mol. The average molecular weight is 331 g/mol. The number of hydrogen-bond acceptors (Lipinski definition) is 2. The number of unbranched alkanes of at least 4 members (excludes halogenated alkanes) is 2. The van der Waals surface area contributed by atoms with Crippen molar-refractivity contribution in [2.45, 2.75) is 74.6 Å². The van der Waals surface area contributed by atoms with Crippen LogP contribution >= 0.6 is 0 Å². The van der Waals surface area contributed by atoms with E-state index in [1.54, 1.807) is 7.11 Å². The molecule has 0 rings (SSSR count). The van der Waals surface area contributed by atoms with Crippen LogP contribution in [-0.2, 0) is 8.50 Å². The number of rotatable bonds is 12. The summed E-state index contributed by atoms with van der Waals surface area (Å²) < 4.78 is 12.0. The topological polar surface area (TPSA) is 18.5 Å². The first-order valence-electron chi connectivity index (χ1n) is 7.95. The summed E-state index contributed by atoms with van der Waals surface area (Å²) in [4.78, 5) is 0. The van der Waals surface area contributed by atoms with Crippen LogP contribution in [-0.4, -0.2) is 27.8 Å². The van der Waals surface area contributed by atoms with E-state index in [4.69, 9.17) is 8.50 Å². The zero-order valence-corrected chi connectivity index (χ0v) is 15.8. The van der Waals surface area contributed by atoms with Crippen LogP contribution in [0.1, 0.15) is 59.3 Å². The van der Waals surface area contributed by atoms with Crippen molar-refractivity contribution < 1.29 is 8.50 Å². The molecule has 0 aromatic rings. The maximum atomic E-state index is 6.23. The van der Waals surface area contributed by atoms with Crippen molar-refractivity contribution in [1.29, 1.82) is 0 Å². The van der Waals surface area contributed by atoms with E-state index in [0.717, 1.165) is 0 Å². The van der Waals surface area contributed by atoms with Gasteiger partial charge in [-0.3, -0.25) is 0 Å². The summed E-state index contributed by atoms with van der Waals surface area (Å²) in [5, 5.41) is 2.68. The van der Waals surface area contributed by atoms with E-state index in [2.05, 4.69) is 26.8 Å². The fourth-order valence-corrected chi connectivity index (χ4v) is 13.0. The second kappa shape index (κ2) is 11.8. The Labute approximate surface area is 123 Å². The third-order valence-electron chi connectivity index (χ3n) is 4.04. The van der Waals surface area contributed by atoms with E-state index >= 15 is 0 Å². The monoisotopic (exact) mass is 332 g/mol. The van der Waals surface area contributed by atoms with Crippen molar-refractivity contribution in [3.63, 3.8) is 0 Å². The fraction of sp³-hybridized carbons (Fsp3) is 0.875. The molecule has 0 aliphatic heterocycles. The molecular weight excluding hydrogens is 297 g/mol. The Kier molecular flexibility index (Phi) is 11.9. The molecule has 0 radical (unpaired) electrons. The zero-order chi connectivity index (χ0) is 14.6. The molecule has 0 fully saturated rings. The van der Waals surface area contributed by atoms with Crippen molar-refractivity contribution in [3.8, 4) is 0 Å². The second-order valence-electron chi connectivity index (χ2n) is 5.44. The number of allylic oxidation sites excluding steroid dienone is 1. The van der Waals surface area contributed by atoms with Crippen molar-refractivity contribution in [1.82, 2.24) is 0 Å². The van der Waals surface area contributed by atoms with Crippen LogP contribution in [0, 0.1) is 0 Å². The molecule has 0 saturated carbocycles. The molecule has 0 N–H and O–H groups in total. The Morgan fingerprint density at radius 1 is 0.947 bits per heavy atom. The zero-order valence-electron chi connectivity index (χ0n) is 13.7. The molecule has 1 atom stereocenters. The van der Waals surface area contributed by atoms with Gasteiger partial charge in [0.2, 0.25) is 0 Å². The number of methoxy groups -OCH3 is 1. The molecule has 19 heavy (non-hydrogen) atoms. The van der Waals surface area contributed by atoms with Crippen LogP contribution in [0.5, 0.6) is 0 Å². The molecule has 2 nitrogen and oxygen atoms in total. The first-order valence-corrected chi connectivity index (χ1v) is 13.0. The Morgan fingerprint density at radius 2 is 1.53 bits per heavy atom. The van der Waals surface area contributed by atoms with Gasteiger partial charge in [-0.05, 0) is 0 Å². The Balaban J connectivity index is 5.01. The van der Waals surface area contributed by atoms with Gasteiger partial charge in [0.05, 0.1) is 0 Å². The van der Waals surface area contributed by atoms with Gasteiger partial charge >= 0.3 is 123 Å². The van der Waals surface area contributed by atoms with Gasteiger partial charge in [-0.15, -0.1) is 0 Å². The van der Waals surface area contributed by atoms with Gasteiger partial charge < -0.3 is 0 Å². The number of hydrogen-bond donors (Lipinski definition) is 0. The standard InChI is InChI=1S/C16H34GeO2/c1-6-9-13-17(19-5,14-10-7-2)16(11-8-3)12-15-18-4/h12,15-16H,6-11,13-14H2,1-5H3/b15-12+. The second-order valence-corrected chi connectivity index (χ2v) is 14.4. The molecule has 0 aromatic carbocycles. The normalized spacial score (nSPS) is 13.9. The summed E-state index contributed by atoms with van der Waals surface area (Å²) in [6, 6.07) is 0. The average Bonchev–Trinajstić information content (AvgIpc) is 2.44. The molecule has 1 unspecified atom stereocenters. The van der Waals surface area contributed by atoms with Crippen LogP contribution in [0.15, 0.2) is 12.3 Å².